The second-order valence-corrected chi connectivity index (χ2v) is 6.34. The molecule has 1 aromatic rings. The first-order valence-corrected chi connectivity index (χ1v) is 7.52. The molecule has 2 rings (SSSR count). The average Bonchev–Trinajstić information content (AvgIpc) is 2.80. The van der Waals surface area contributed by atoms with Crippen LogP contribution in [0.25, 0.3) is 0 Å². The summed E-state index contributed by atoms with van der Waals surface area (Å²) in [5, 5.41) is 12.4. The number of carbonyl (C=O) groups is 2. The molecule has 114 valence electrons. The number of carbonyl (C=O) groups excluding carboxylic acids is 1. The molecule has 2 N–H and O–H groups in total. The predicted octanol–water partition coefficient (Wildman–Crippen LogP) is 3.47. The third kappa shape index (κ3) is 3.56. The maximum Gasteiger partial charge on any atom is 0.305 e. The van der Waals surface area contributed by atoms with Crippen LogP contribution in [0.1, 0.15) is 53.6 Å². The van der Waals surface area contributed by atoms with E-state index in [0.717, 1.165) is 24.0 Å². The van der Waals surface area contributed by atoms with E-state index >= 15 is 0 Å². The van der Waals surface area contributed by atoms with Gasteiger partial charge in [0.25, 0.3) is 5.91 Å². The lowest BCUT2D eigenvalue weighted by molar-refractivity contribution is -0.138. The van der Waals surface area contributed by atoms with Crippen molar-refractivity contribution in [2.75, 3.05) is 0 Å². The number of aliphatic carboxylic acids is 1. The maximum atomic E-state index is 12.5. The van der Waals surface area contributed by atoms with Crippen molar-refractivity contribution >= 4 is 23.5 Å². The molecule has 21 heavy (non-hydrogen) atoms. The Morgan fingerprint density at radius 1 is 1.24 bits per heavy atom. The fourth-order valence-electron chi connectivity index (χ4n) is 2.95. The normalized spacial score (nSPS) is 16.7. The fourth-order valence-corrected chi connectivity index (χ4v) is 3.25. The Labute approximate surface area is 129 Å². The molecule has 1 saturated carbocycles. The maximum absolute atomic E-state index is 12.5. The van der Waals surface area contributed by atoms with Crippen molar-refractivity contribution in [2.24, 2.45) is 0 Å². The third-order valence-electron chi connectivity index (χ3n) is 4.26. The zero-order valence-corrected chi connectivity index (χ0v) is 13.1. The average molecular weight is 310 g/mol. The minimum Gasteiger partial charge on any atom is -0.481 e. The minimum absolute atomic E-state index is 0.0405. The third-order valence-corrected chi connectivity index (χ3v) is 4.57. The molecule has 5 heteroatoms. The summed E-state index contributed by atoms with van der Waals surface area (Å²) in [6.45, 7) is 3.86. The van der Waals surface area contributed by atoms with Crippen molar-refractivity contribution in [3.8, 4) is 0 Å². The van der Waals surface area contributed by atoms with Gasteiger partial charge in [0, 0.05) is 0 Å². The van der Waals surface area contributed by atoms with Gasteiger partial charge in [-0.2, -0.15) is 0 Å². The molecule has 0 unspecified atom stereocenters. The van der Waals surface area contributed by atoms with Crippen LogP contribution in [0.4, 0.5) is 0 Å². The molecule has 1 fully saturated rings. The largest absolute Gasteiger partial charge is 0.481 e. The summed E-state index contributed by atoms with van der Waals surface area (Å²) in [7, 11) is 0. The molecule has 0 heterocycles. The number of nitrogens with one attached hydrogen (secondary N) is 1. The van der Waals surface area contributed by atoms with Crippen LogP contribution in [-0.4, -0.2) is 22.5 Å². The second kappa shape index (κ2) is 6.06. The van der Waals surface area contributed by atoms with Crippen LogP contribution in [0.2, 0.25) is 5.02 Å². The lowest BCUT2D eigenvalue weighted by atomic mass is 9.92. The first kappa shape index (κ1) is 15.8. The highest BCUT2D eigenvalue weighted by Gasteiger charge is 2.37. The minimum atomic E-state index is -0.886. The van der Waals surface area contributed by atoms with Gasteiger partial charge >= 0.3 is 5.97 Å². The van der Waals surface area contributed by atoms with E-state index in [9.17, 15) is 9.59 Å². The van der Waals surface area contributed by atoms with Crippen LogP contribution in [0.3, 0.4) is 0 Å². The quantitative estimate of drug-likeness (QED) is 0.895. The van der Waals surface area contributed by atoms with Gasteiger partial charge in [0.1, 0.15) is 0 Å². The van der Waals surface area contributed by atoms with Crippen LogP contribution < -0.4 is 5.32 Å². The Balaban J connectivity index is 2.24. The molecule has 1 aromatic carbocycles. The molecule has 1 aliphatic carbocycles. The smallest absolute Gasteiger partial charge is 0.305 e. The van der Waals surface area contributed by atoms with Crippen molar-refractivity contribution < 1.29 is 14.7 Å². The fraction of sp³-hybridized carbons (Fsp3) is 0.500. The van der Waals surface area contributed by atoms with Crippen LogP contribution in [0.5, 0.6) is 0 Å². The van der Waals surface area contributed by atoms with Crippen molar-refractivity contribution in [3.63, 3.8) is 0 Å². The molecule has 0 spiro atoms. The summed E-state index contributed by atoms with van der Waals surface area (Å²) in [4.78, 5) is 23.6. The van der Waals surface area contributed by atoms with E-state index < -0.39 is 11.5 Å². The number of halogens is 1. The van der Waals surface area contributed by atoms with Crippen LogP contribution in [-0.2, 0) is 4.79 Å². The van der Waals surface area contributed by atoms with Crippen molar-refractivity contribution in [1.29, 1.82) is 0 Å². The lowest BCUT2D eigenvalue weighted by Crippen LogP contribution is -2.47. The van der Waals surface area contributed by atoms with E-state index in [2.05, 4.69) is 5.32 Å². The molecule has 0 aliphatic heterocycles. The molecule has 0 bridgehead atoms. The highest BCUT2D eigenvalue weighted by molar-refractivity contribution is 6.34. The van der Waals surface area contributed by atoms with Gasteiger partial charge in [-0.25, -0.2) is 0 Å². The summed E-state index contributed by atoms with van der Waals surface area (Å²) in [5.74, 6) is -1.17. The van der Waals surface area contributed by atoms with Crippen LogP contribution in [0.15, 0.2) is 12.1 Å². The Bertz CT molecular complexity index is 577. The number of hydrogen-bond donors (Lipinski definition) is 2. The Morgan fingerprint density at radius 2 is 1.81 bits per heavy atom. The molecular weight excluding hydrogens is 290 g/mol. The van der Waals surface area contributed by atoms with Gasteiger partial charge in [0.15, 0.2) is 0 Å². The van der Waals surface area contributed by atoms with E-state index in [4.69, 9.17) is 16.7 Å². The van der Waals surface area contributed by atoms with Gasteiger partial charge in [-0.15, -0.1) is 0 Å². The lowest BCUT2D eigenvalue weighted by Gasteiger charge is -2.29. The molecule has 4 nitrogen and oxygen atoms in total. The van der Waals surface area contributed by atoms with Gasteiger partial charge in [-0.1, -0.05) is 24.4 Å². The van der Waals surface area contributed by atoms with Crippen LogP contribution >= 0.6 is 11.6 Å². The standard InChI is InChI=1S/C16H20ClNO3/c1-10-7-12(13(17)8-11(10)2)15(21)18-16(9-14(19)20)5-3-4-6-16/h7-8H,3-6,9H2,1-2H3,(H,18,21)(H,19,20). The monoisotopic (exact) mass is 309 g/mol. The molecule has 1 aliphatic rings. The van der Waals surface area contributed by atoms with Crippen LogP contribution in [0, 0.1) is 13.8 Å². The zero-order valence-electron chi connectivity index (χ0n) is 12.3. The number of hydrogen-bond acceptors (Lipinski definition) is 2. The Hall–Kier alpha value is -1.55. The van der Waals surface area contributed by atoms with E-state index in [0.29, 0.717) is 23.4 Å². The first-order valence-electron chi connectivity index (χ1n) is 7.14. The van der Waals surface area contributed by atoms with Gasteiger partial charge in [0.2, 0.25) is 0 Å². The van der Waals surface area contributed by atoms with E-state index in [1.807, 2.05) is 13.8 Å². The Kier molecular flexibility index (Phi) is 4.57. The molecule has 0 aromatic heterocycles. The van der Waals surface area contributed by atoms with Crippen molar-refractivity contribution in [1.82, 2.24) is 5.32 Å². The molecule has 0 atom stereocenters. The van der Waals surface area contributed by atoms with Crippen molar-refractivity contribution in [3.05, 3.63) is 33.8 Å². The number of carboxylic acids is 1. The number of carboxylic acid groups (broad SMARTS) is 1. The van der Waals surface area contributed by atoms with Crippen molar-refractivity contribution in [2.45, 2.75) is 51.5 Å². The van der Waals surface area contributed by atoms with Gasteiger partial charge in [0.05, 0.1) is 22.5 Å². The summed E-state index contributed by atoms with van der Waals surface area (Å²) in [6.07, 6.45) is 3.24. The molecule has 0 radical (unpaired) electrons. The summed E-state index contributed by atoms with van der Waals surface area (Å²) >= 11 is 6.16. The number of rotatable bonds is 4. The number of aryl methyl sites for hydroxylation is 2. The number of benzene rings is 1. The Morgan fingerprint density at radius 3 is 2.38 bits per heavy atom. The zero-order chi connectivity index (χ0) is 15.6. The van der Waals surface area contributed by atoms with E-state index in [-0.39, 0.29) is 12.3 Å². The highest BCUT2D eigenvalue weighted by Crippen LogP contribution is 2.33. The SMILES string of the molecule is Cc1cc(Cl)c(C(=O)NC2(CC(=O)O)CCCC2)cc1C. The summed E-state index contributed by atoms with van der Waals surface area (Å²) in [5.41, 5.74) is 1.79. The van der Waals surface area contributed by atoms with E-state index in [1.165, 1.54) is 0 Å². The van der Waals surface area contributed by atoms with E-state index in [1.54, 1.807) is 12.1 Å². The molecule has 1 amide bonds. The first-order chi connectivity index (χ1) is 9.83. The van der Waals surface area contributed by atoms with Gasteiger partial charge in [-0.05, 0) is 49.9 Å². The summed E-state index contributed by atoms with van der Waals surface area (Å²) < 4.78 is 0. The molecule has 0 saturated heterocycles. The van der Waals surface area contributed by atoms with Gasteiger partial charge in [-0.3, -0.25) is 9.59 Å². The highest BCUT2D eigenvalue weighted by atomic mass is 35.5. The van der Waals surface area contributed by atoms with Gasteiger partial charge < -0.3 is 10.4 Å². The summed E-state index contributed by atoms with van der Waals surface area (Å²) in [6, 6.07) is 3.53. The second-order valence-electron chi connectivity index (χ2n) is 5.93. The number of amides is 1. The molecular formula is C16H20ClNO3. The predicted molar refractivity (Wildman–Crippen MR) is 81.8 cm³/mol. The topological polar surface area (TPSA) is 66.4 Å².